The number of nitrogens with one attached hydrogen (secondary N) is 2. The summed E-state index contributed by atoms with van der Waals surface area (Å²) in [5.41, 5.74) is 1.29. The molecular formula is C20H19ClN2O5. The number of hydrogen-bond acceptors (Lipinski definition) is 5. The number of hydrogen-bond donors (Lipinski definition) is 2. The molecule has 0 saturated carbocycles. The lowest BCUT2D eigenvalue weighted by molar-refractivity contribution is -0.146. The highest BCUT2D eigenvalue weighted by molar-refractivity contribution is 6.32. The number of rotatable bonds is 8. The first-order valence-electron chi connectivity index (χ1n) is 8.28. The first-order valence-corrected chi connectivity index (χ1v) is 8.65. The molecule has 146 valence electrons. The van der Waals surface area contributed by atoms with Gasteiger partial charge in [0.1, 0.15) is 12.3 Å². The first kappa shape index (κ1) is 21.0. The van der Waals surface area contributed by atoms with Crippen LogP contribution in [0.15, 0.2) is 54.6 Å². The van der Waals surface area contributed by atoms with Crippen molar-refractivity contribution in [3.63, 3.8) is 0 Å². The van der Waals surface area contributed by atoms with Gasteiger partial charge in [0, 0.05) is 11.8 Å². The summed E-state index contributed by atoms with van der Waals surface area (Å²) in [5, 5.41) is 5.26. The van der Waals surface area contributed by atoms with E-state index in [1.807, 2.05) is 30.3 Å². The molecule has 0 aliphatic heterocycles. The van der Waals surface area contributed by atoms with Crippen LogP contribution in [0.5, 0.6) is 5.75 Å². The molecule has 0 heterocycles. The SMILES string of the molecule is COc1ccc(NC(=O)COC(=O)CNC(=O)/C=C/c2ccccc2)cc1Cl. The second-order valence-corrected chi connectivity index (χ2v) is 5.93. The van der Waals surface area contributed by atoms with E-state index < -0.39 is 24.4 Å². The molecule has 2 aromatic carbocycles. The van der Waals surface area contributed by atoms with Gasteiger partial charge in [0.25, 0.3) is 5.91 Å². The minimum Gasteiger partial charge on any atom is -0.495 e. The molecule has 0 bridgehead atoms. The largest absolute Gasteiger partial charge is 0.495 e. The Kier molecular flexibility index (Phi) is 8.05. The molecule has 2 aromatic rings. The fraction of sp³-hybridized carbons (Fsp3) is 0.150. The third-order valence-corrected chi connectivity index (χ3v) is 3.73. The lowest BCUT2D eigenvalue weighted by atomic mass is 10.2. The number of methoxy groups -OCH3 is 1. The number of amides is 2. The normalized spacial score (nSPS) is 10.4. The van der Waals surface area contributed by atoms with Gasteiger partial charge in [-0.2, -0.15) is 0 Å². The monoisotopic (exact) mass is 402 g/mol. The van der Waals surface area contributed by atoms with Crippen molar-refractivity contribution in [2.75, 3.05) is 25.6 Å². The molecule has 2 rings (SSSR count). The van der Waals surface area contributed by atoms with E-state index in [9.17, 15) is 14.4 Å². The molecule has 0 fully saturated rings. The maximum atomic E-state index is 11.8. The third-order valence-electron chi connectivity index (χ3n) is 3.43. The average Bonchev–Trinajstić information content (AvgIpc) is 2.70. The van der Waals surface area contributed by atoms with E-state index in [0.717, 1.165) is 5.56 Å². The fourth-order valence-corrected chi connectivity index (χ4v) is 2.35. The van der Waals surface area contributed by atoms with Gasteiger partial charge in [-0.3, -0.25) is 14.4 Å². The van der Waals surface area contributed by atoms with Crippen molar-refractivity contribution in [1.29, 1.82) is 0 Å². The highest BCUT2D eigenvalue weighted by Crippen LogP contribution is 2.27. The summed E-state index contributed by atoms with van der Waals surface area (Å²) in [6.07, 6.45) is 2.93. The van der Waals surface area contributed by atoms with Gasteiger partial charge in [0.05, 0.1) is 12.1 Å². The molecule has 0 atom stereocenters. The first-order chi connectivity index (χ1) is 13.5. The minimum absolute atomic E-state index is 0.337. The van der Waals surface area contributed by atoms with Gasteiger partial charge in [-0.05, 0) is 29.8 Å². The number of ether oxygens (including phenoxy) is 2. The summed E-state index contributed by atoms with van der Waals surface area (Å²) >= 11 is 5.97. The molecule has 7 nitrogen and oxygen atoms in total. The molecule has 0 saturated heterocycles. The van der Waals surface area contributed by atoms with Crippen LogP contribution in [0, 0.1) is 0 Å². The van der Waals surface area contributed by atoms with Crippen molar-refractivity contribution in [2.45, 2.75) is 0 Å². The molecule has 0 unspecified atom stereocenters. The Morgan fingerprint density at radius 1 is 1.11 bits per heavy atom. The third kappa shape index (κ3) is 7.13. The molecule has 0 aromatic heterocycles. The molecule has 2 N–H and O–H groups in total. The lowest BCUT2D eigenvalue weighted by Gasteiger charge is -2.09. The van der Waals surface area contributed by atoms with E-state index in [1.165, 1.54) is 19.3 Å². The fourth-order valence-electron chi connectivity index (χ4n) is 2.09. The smallest absolute Gasteiger partial charge is 0.325 e. The van der Waals surface area contributed by atoms with Crippen molar-refractivity contribution in [3.8, 4) is 5.75 Å². The summed E-state index contributed by atoms with van der Waals surface area (Å²) in [6, 6.07) is 14.0. The zero-order valence-corrected chi connectivity index (χ0v) is 15.9. The summed E-state index contributed by atoms with van der Waals surface area (Å²) in [5.74, 6) is -1.24. The molecule has 0 aliphatic carbocycles. The predicted molar refractivity (Wildman–Crippen MR) is 106 cm³/mol. The van der Waals surface area contributed by atoms with Crippen LogP contribution in [0.4, 0.5) is 5.69 Å². The van der Waals surface area contributed by atoms with Crippen LogP contribution in [0.1, 0.15) is 5.56 Å². The zero-order chi connectivity index (χ0) is 20.4. The Bertz CT molecular complexity index is 868. The predicted octanol–water partition coefficient (Wildman–Crippen LogP) is 2.66. The Balaban J connectivity index is 1.70. The van der Waals surface area contributed by atoms with Crippen molar-refractivity contribution in [3.05, 3.63) is 65.2 Å². The van der Waals surface area contributed by atoms with Crippen LogP contribution in [-0.4, -0.2) is 38.0 Å². The van der Waals surface area contributed by atoms with Crippen LogP contribution < -0.4 is 15.4 Å². The average molecular weight is 403 g/mol. The molecular weight excluding hydrogens is 384 g/mol. The van der Waals surface area contributed by atoms with Gasteiger partial charge in [-0.15, -0.1) is 0 Å². The van der Waals surface area contributed by atoms with Gasteiger partial charge >= 0.3 is 5.97 Å². The summed E-state index contributed by atoms with van der Waals surface area (Å²) < 4.78 is 9.84. The van der Waals surface area contributed by atoms with Crippen LogP contribution in [0.3, 0.4) is 0 Å². The number of halogens is 1. The number of anilines is 1. The maximum absolute atomic E-state index is 11.8. The highest BCUT2D eigenvalue weighted by Gasteiger charge is 2.10. The Labute approximate surface area is 167 Å². The summed E-state index contributed by atoms with van der Waals surface area (Å²) in [6.45, 7) is -0.836. The Hall–Kier alpha value is -3.32. The molecule has 0 aliphatic rings. The van der Waals surface area contributed by atoms with Crippen LogP contribution in [-0.2, 0) is 19.1 Å². The van der Waals surface area contributed by atoms with E-state index in [0.29, 0.717) is 16.5 Å². The van der Waals surface area contributed by atoms with Gasteiger partial charge < -0.3 is 20.1 Å². The Morgan fingerprint density at radius 3 is 2.54 bits per heavy atom. The number of esters is 1. The van der Waals surface area contributed by atoms with E-state index in [1.54, 1.807) is 18.2 Å². The van der Waals surface area contributed by atoms with Crippen LogP contribution in [0.25, 0.3) is 6.08 Å². The summed E-state index contributed by atoms with van der Waals surface area (Å²) in [4.78, 5) is 35.1. The van der Waals surface area contributed by atoms with Crippen molar-refractivity contribution in [2.24, 2.45) is 0 Å². The van der Waals surface area contributed by atoms with Gasteiger partial charge in [0.15, 0.2) is 6.61 Å². The molecule has 28 heavy (non-hydrogen) atoms. The minimum atomic E-state index is -0.732. The van der Waals surface area contributed by atoms with Crippen molar-refractivity contribution in [1.82, 2.24) is 5.32 Å². The van der Waals surface area contributed by atoms with E-state index in [4.69, 9.17) is 21.1 Å². The van der Waals surface area contributed by atoms with E-state index in [-0.39, 0.29) is 6.54 Å². The topological polar surface area (TPSA) is 93.7 Å². The molecule has 2 amide bonds. The second kappa shape index (κ2) is 10.7. The molecule has 8 heteroatoms. The lowest BCUT2D eigenvalue weighted by Crippen LogP contribution is -2.31. The summed E-state index contributed by atoms with van der Waals surface area (Å²) in [7, 11) is 1.48. The highest BCUT2D eigenvalue weighted by atomic mass is 35.5. The standard InChI is InChI=1S/C20H19ClN2O5/c1-27-17-9-8-15(11-16(17)21)23-19(25)13-28-20(26)12-22-18(24)10-7-14-5-3-2-4-6-14/h2-11H,12-13H2,1H3,(H,22,24)(H,23,25)/b10-7+. The van der Waals surface area contributed by atoms with Gasteiger partial charge in [-0.25, -0.2) is 0 Å². The van der Waals surface area contributed by atoms with Crippen LogP contribution in [0.2, 0.25) is 5.02 Å². The van der Waals surface area contributed by atoms with E-state index >= 15 is 0 Å². The van der Waals surface area contributed by atoms with Gasteiger partial charge in [0.2, 0.25) is 5.91 Å². The molecule has 0 radical (unpaired) electrons. The number of carbonyl (C=O) groups is 3. The van der Waals surface area contributed by atoms with Crippen molar-refractivity contribution >= 4 is 41.1 Å². The maximum Gasteiger partial charge on any atom is 0.325 e. The van der Waals surface area contributed by atoms with E-state index in [2.05, 4.69) is 10.6 Å². The quantitative estimate of drug-likeness (QED) is 0.523. The second-order valence-electron chi connectivity index (χ2n) is 5.52. The Morgan fingerprint density at radius 2 is 1.86 bits per heavy atom. The number of carbonyl (C=O) groups excluding carboxylic acids is 3. The van der Waals surface area contributed by atoms with Crippen molar-refractivity contribution < 1.29 is 23.9 Å². The van der Waals surface area contributed by atoms with Crippen LogP contribution >= 0.6 is 11.6 Å². The zero-order valence-electron chi connectivity index (χ0n) is 15.1. The molecule has 0 spiro atoms. The number of benzene rings is 2. The van der Waals surface area contributed by atoms with Gasteiger partial charge in [-0.1, -0.05) is 41.9 Å².